The van der Waals surface area contributed by atoms with Gasteiger partial charge in [0, 0.05) is 6.20 Å². The molecule has 21 heavy (non-hydrogen) atoms. The number of aryl methyl sites for hydroxylation is 1. The third-order valence-electron chi connectivity index (χ3n) is 3.80. The maximum atomic E-state index is 12.5. The Bertz CT molecular complexity index is 693. The van der Waals surface area contributed by atoms with Crippen LogP contribution in [0.5, 0.6) is 0 Å². The molecule has 2 amide bonds. The Morgan fingerprint density at radius 3 is 2.48 bits per heavy atom. The lowest BCUT2D eigenvalue weighted by Crippen LogP contribution is -2.51. The summed E-state index contributed by atoms with van der Waals surface area (Å²) in [5, 5.41) is 3.08. The first-order valence-electron chi connectivity index (χ1n) is 7.01. The molecule has 3 heteroatoms. The highest BCUT2D eigenvalue weighted by atomic mass is 16.2. The minimum absolute atomic E-state index is 0.116. The number of amides is 2. The summed E-state index contributed by atoms with van der Waals surface area (Å²) in [6.07, 6.45) is 3.87. The zero-order chi connectivity index (χ0) is 14.9. The Labute approximate surface area is 124 Å². The van der Waals surface area contributed by atoms with Gasteiger partial charge in [-0.05, 0) is 43.2 Å². The fourth-order valence-corrected chi connectivity index (χ4v) is 2.55. The van der Waals surface area contributed by atoms with Crippen LogP contribution in [0.15, 0.2) is 66.9 Å². The summed E-state index contributed by atoms with van der Waals surface area (Å²) in [6.45, 7) is 4.02. The van der Waals surface area contributed by atoms with E-state index in [-0.39, 0.29) is 6.03 Å². The van der Waals surface area contributed by atoms with Crippen LogP contribution >= 0.6 is 0 Å². The number of nitrogens with zero attached hydrogens (tertiary/aromatic N) is 1. The molecule has 1 unspecified atom stereocenters. The quantitative estimate of drug-likeness (QED) is 0.886. The molecule has 1 heterocycles. The normalized spacial score (nSPS) is 21.2. The van der Waals surface area contributed by atoms with Gasteiger partial charge in [-0.15, -0.1) is 0 Å². The second-order valence-corrected chi connectivity index (χ2v) is 5.52. The number of benzene rings is 2. The first-order chi connectivity index (χ1) is 10.1. The molecule has 0 spiro atoms. The zero-order valence-electron chi connectivity index (χ0n) is 12.2. The fraction of sp³-hybridized carbons (Fsp3) is 0.167. The van der Waals surface area contributed by atoms with Crippen molar-refractivity contribution < 1.29 is 4.79 Å². The van der Waals surface area contributed by atoms with Gasteiger partial charge in [0.2, 0.25) is 0 Å². The highest BCUT2D eigenvalue weighted by Crippen LogP contribution is 2.28. The molecule has 0 aliphatic carbocycles. The van der Waals surface area contributed by atoms with Gasteiger partial charge in [0.1, 0.15) is 0 Å². The summed E-state index contributed by atoms with van der Waals surface area (Å²) in [5.74, 6) is 0. The summed E-state index contributed by atoms with van der Waals surface area (Å²) in [6, 6.07) is 17.8. The van der Waals surface area contributed by atoms with E-state index in [2.05, 4.69) is 5.32 Å². The van der Waals surface area contributed by atoms with E-state index >= 15 is 0 Å². The van der Waals surface area contributed by atoms with Crippen LogP contribution in [0.4, 0.5) is 10.5 Å². The van der Waals surface area contributed by atoms with E-state index in [0.29, 0.717) is 0 Å². The summed E-state index contributed by atoms with van der Waals surface area (Å²) < 4.78 is 0. The summed E-state index contributed by atoms with van der Waals surface area (Å²) in [4.78, 5) is 14.1. The highest BCUT2D eigenvalue weighted by molar-refractivity contribution is 5.95. The van der Waals surface area contributed by atoms with E-state index in [1.54, 1.807) is 4.90 Å². The predicted octanol–water partition coefficient (Wildman–Crippen LogP) is 3.95. The van der Waals surface area contributed by atoms with Crippen LogP contribution in [0.1, 0.15) is 18.1 Å². The van der Waals surface area contributed by atoms with Crippen LogP contribution in [-0.2, 0) is 5.54 Å². The molecular weight excluding hydrogens is 260 g/mol. The molecule has 0 saturated heterocycles. The number of hydrogen-bond acceptors (Lipinski definition) is 1. The number of nitrogens with one attached hydrogen (secondary N) is 1. The minimum Gasteiger partial charge on any atom is -0.325 e. The van der Waals surface area contributed by atoms with Crippen LogP contribution in [0.2, 0.25) is 0 Å². The standard InChI is InChI=1S/C18H18N2O/c1-14-7-6-10-16(13-14)20-12-11-18(2,19-17(20)21)15-8-4-3-5-9-15/h3-13H,1-2H3,(H,19,21). The van der Waals surface area contributed by atoms with Gasteiger partial charge in [-0.1, -0.05) is 42.5 Å². The van der Waals surface area contributed by atoms with Crippen molar-refractivity contribution in [3.63, 3.8) is 0 Å². The van der Waals surface area contributed by atoms with E-state index in [1.807, 2.05) is 80.7 Å². The van der Waals surface area contributed by atoms with E-state index < -0.39 is 5.54 Å². The number of carbonyl (C=O) groups is 1. The van der Waals surface area contributed by atoms with E-state index in [9.17, 15) is 4.79 Å². The topological polar surface area (TPSA) is 32.3 Å². The van der Waals surface area contributed by atoms with E-state index in [1.165, 1.54) is 0 Å². The number of rotatable bonds is 2. The molecule has 3 rings (SSSR count). The van der Waals surface area contributed by atoms with Crippen molar-refractivity contribution in [1.82, 2.24) is 5.32 Å². The van der Waals surface area contributed by atoms with Crippen LogP contribution in [0.3, 0.4) is 0 Å². The predicted molar refractivity (Wildman–Crippen MR) is 85.1 cm³/mol. The molecule has 3 nitrogen and oxygen atoms in total. The molecular formula is C18H18N2O. The molecule has 0 radical (unpaired) electrons. The maximum Gasteiger partial charge on any atom is 0.326 e. The molecule has 0 saturated carbocycles. The Kier molecular flexibility index (Phi) is 3.26. The third-order valence-corrected chi connectivity index (χ3v) is 3.80. The van der Waals surface area contributed by atoms with Crippen molar-refractivity contribution in [2.45, 2.75) is 19.4 Å². The highest BCUT2D eigenvalue weighted by Gasteiger charge is 2.31. The van der Waals surface area contributed by atoms with Crippen molar-refractivity contribution in [3.8, 4) is 0 Å². The van der Waals surface area contributed by atoms with E-state index in [4.69, 9.17) is 0 Å². The zero-order valence-corrected chi connectivity index (χ0v) is 12.2. The average molecular weight is 278 g/mol. The first kappa shape index (κ1) is 13.4. The second kappa shape index (κ2) is 5.09. The number of hydrogen-bond donors (Lipinski definition) is 1. The van der Waals surface area contributed by atoms with Gasteiger partial charge >= 0.3 is 6.03 Å². The van der Waals surface area contributed by atoms with Gasteiger partial charge < -0.3 is 5.32 Å². The molecule has 1 aliphatic heterocycles. The Hall–Kier alpha value is -2.55. The number of urea groups is 1. The number of carbonyl (C=O) groups excluding carboxylic acids is 1. The van der Waals surface area contributed by atoms with Crippen molar-refractivity contribution in [2.24, 2.45) is 0 Å². The van der Waals surface area contributed by atoms with Crippen molar-refractivity contribution in [2.75, 3.05) is 4.90 Å². The van der Waals surface area contributed by atoms with Gasteiger partial charge in [-0.3, -0.25) is 4.90 Å². The largest absolute Gasteiger partial charge is 0.326 e. The molecule has 2 aromatic rings. The minimum atomic E-state index is -0.474. The van der Waals surface area contributed by atoms with Crippen LogP contribution in [0.25, 0.3) is 0 Å². The van der Waals surface area contributed by atoms with Crippen LogP contribution < -0.4 is 10.2 Å². The maximum absolute atomic E-state index is 12.5. The van der Waals surface area contributed by atoms with Crippen LogP contribution in [0, 0.1) is 6.92 Å². The molecule has 106 valence electrons. The van der Waals surface area contributed by atoms with Gasteiger partial charge in [-0.25, -0.2) is 4.79 Å². The molecule has 2 aromatic carbocycles. The monoisotopic (exact) mass is 278 g/mol. The lowest BCUT2D eigenvalue weighted by Gasteiger charge is -2.35. The Morgan fingerprint density at radius 1 is 1.05 bits per heavy atom. The van der Waals surface area contributed by atoms with Crippen molar-refractivity contribution in [3.05, 3.63) is 78.0 Å². The molecule has 1 aliphatic rings. The second-order valence-electron chi connectivity index (χ2n) is 5.52. The molecule has 1 N–H and O–H groups in total. The molecule has 0 aromatic heterocycles. The lowest BCUT2D eigenvalue weighted by molar-refractivity contribution is 0.238. The molecule has 0 bridgehead atoms. The van der Waals surface area contributed by atoms with Gasteiger partial charge in [0.15, 0.2) is 0 Å². The molecule has 0 fully saturated rings. The van der Waals surface area contributed by atoms with Crippen molar-refractivity contribution in [1.29, 1.82) is 0 Å². The summed E-state index contributed by atoms with van der Waals surface area (Å²) in [7, 11) is 0. The average Bonchev–Trinajstić information content (AvgIpc) is 2.48. The van der Waals surface area contributed by atoms with Gasteiger partial charge in [0.25, 0.3) is 0 Å². The van der Waals surface area contributed by atoms with E-state index in [0.717, 1.165) is 16.8 Å². The Morgan fingerprint density at radius 2 is 1.81 bits per heavy atom. The summed E-state index contributed by atoms with van der Waals surface area (Å²) >= 11 is 0. The van der Waals surface area contributed by atoms with Crippen LogP contribution in [-0.4, -0.2) is 6.03 Å². The SMILES string of the molecule is Cc1cccc(N2C=CC(C)(c3ccccc3)NC2=O)c1. The first-order valence-corrected chi connectivity index (χ1v) is 7.01. The smallest absolute Gasteiger partial charge is 0.325 e. The fourth-order valence-electron chi connectivity index (χ4n) is 2.55. The molecule has 1 atom stereocenters. The lowest BCUT2D eigenvalue weighted by atomic mass is 9.91. The summed E-state index contributed by atoms with van der Waals surface area (Å²) in [5.41, 5.74) is 2.60. The van der Waals surface area contributed by atoms with Crippen molar-refractivity contribution >= 4 is 11.7 Å². The number of anilines is 1. The Balaban J connectivity index is 1.94. The van der Waals surface area contributed by atoms with Gasteiger partial charge in [-0.2, -0.15) is 0 Å². The third kappa shape index (κ3) is 2.55. The van der Waals surface area contributed by atoms with Gasteiger partial charge in [0.05, 0.1) is 11.2 Å².